The summed E-state index contributed by atoms with van der Waals surface area (Å²) in [6.07, 6.45) is 0. The van der Waals surface area contributed by atoms with Crippen LogP contribution < -0.4 is 10.0 Å². The Labute approximate surface area is 200 Å². The van der Waals surface area contributed by atoms with Crippen LogP contribution in [0.4, 0.5) is 5.13 Å². The van der Waals surface area contributed by atoms with E-state index in [0.717, 1.165) is 28.0 Å². The quantitative estimate of drug-likeness (QED) is 0.356. The molecule has 0 aliphatic heterocycles. The maximum absolute atomic E-state index is 13.1. The van der Waals surface area contributed by atoms with Gasteiger partial charge in [0.1, 0.15) is 0 Å². The maximum atomic E-state index is 13.1. The van der Waals surface area contributed by atoms with Crippen LogP contribution in [0, 0.1) is 6.92 Å². The topological polar surface area (TPSA) is 101 Å². The Bertz CT molecular complexity index is 1360. The van der Waals surface area contributed by atoms with Crippen LogP contribution in [0.25, 0.3) is 0 Å². The second kappa shape index (κ2) is 9.80. The number of anilines is 1. The zero-order chi connectivity index (χ0) is 23.4. The average Bonchev–Trinajstić information content (AvgIpc) is 3.29. The zero-order valence-electron chi connectivity index (χ0n) is 17.4. The van der Waals surface area contributed by atoms with E-state index in [0.29, 0.717) is 10.6 Å². The minimum absolute atomic E-state index is 0.0712. The monoisotopic (exact) mass is 498 g/mol. The lowest BCUT2D eigenvalue weighted by atomic mass is 9.99. The summed E-state index contributed by atoms with van der Waals surface area (Å²) >= 11 is 6.61. The molecule has 2 N–H and O–H groups in total. The third-order valence-corrected chi connectivity index (χ3v) is 7.66. The van der Waals surface area contributed by atoms with Gasteiger partial charge in [-0.3, -0.25) is 10.1 Å². The maximum Gasteiger partial charge on any atom is 0.270 e. The Kier molecular flexibility index (Phi) is 6.85. The molecule has 0 bridgehead atoms. The van der Waals surface area contributed by atoms with Crippen molar-refractivity contribution < 1.29 is 13.2 Å². The van der Waals surface area contributed by atoms with Crippen molar-refractivity contribution in [3.8, 4) is 0 Å². The summed E-state index contributed by atoms with van der Waals surface area (Å²) in [5.74, 6) is -0.443. The first-order valence-electron chi connectivity index (χ1n) is 9.86. The Hall–Kier alpha value is -3.11. The van der Waals surface area contributed by atoms with Crippen molar-refractivity contribution in [3.05, 3.63) is 106 Å². The van der Waals surface area contributed by atoms with E-state index < -0.39 is 22.0 Å². The summed E-state index contributed by atoms with van der Waals surface area (Å²) in [5.41, 5.74) is 3.00. The standard InChI is InChI=1S/C23H19ClN4O3S2/c1-15-7-9-17(10-8-15)20(16-5-3-2-4-6-16)28-33(30,31)23-27-26-22(32-23)25-21(29)18-11-13-19(24)14-12-18/h2-14,20,28H,1H3,(H,25,26,29)/t20-/m0/s1. The molecule has 33 heavy (non-hydrogen) atoms. The fourth-order valence-electron chi connectivity index (χ4n) is 3.08. The smallest absolute Gasteiger partial charge is 0.270 e. The predicted octanol–water partition coefficient (Wildman–Crippen LogP) is 4.82. The molecule has 0 saturated carbocycles. The van der Waals surface area contributed by atoms with Gasteiger partial charge in [0, 0.05) is 10.6 Å². The molecule has 0 fully saturated rings. The zero-order valence-corrected chi connectivity index (χ0v) is 19.8. The number of aryl methyl sites for hydroxylation is 1. The summed E-state index contributed by atoms with van der Waals surface area (Å²) in [4.78, 5) is 12.4. The van der Waals surface area contributed by atoms with Crippen molar-refractivity contribution in [3.63, 3.8) is 0 Å². The van der Waals surface area contributed by atoms with Crippen LogP contribution >= 0.6 is 22.9 Å². The van der Waals surface area contributed by atoms with Gasteiger partial charge < -0.3 is 0 Å². The third-order valence-electron chi connectivity index (χ3n) is 4.78. The molecule has 3 aromatic carbocycles. The van der Waals surface area contributed by atoms with Crippen molar-refractivity contribution in [2.45, 2.75) is 17.3 Å². The van der Waals surface area contributed by atoms with Crippen LogP contribution in [0.5, 0.6) is 0 Å². The molecular weight excluding hydrogens is 480 g/mol. The second-order valence-electron chi connectivity index (χ2n) is 7.21. The van der Waals surface area contributed by atoms with E-state index in [1.165, 1.54) is 0 Å². The number of benzene rings is 3. The van der Waals surface area contributed by atoms with Gasteiger partial charge in [-0.2, -0.15) is 4.72 Å². The van der Waals surface area contributed by atoms with Crippen molar-refractivity contribution in [1.29, 1.82) is 0 Å². The van der Waals surface area contributed by atoms with Gasteiger partial charge in [0.2, 0.25) is 9.47 Å². The van der Waals surface area contributed by atoms with Crippen molar-refractivity contribution in [2.24, 2.45) is 0 Å². The molecule has 0 unspecified atom stereocenters. The first-order valence-corrected chi connectivity index (χ1v) is 12.5. The molecule has 1 aromatic heterocycles. The lowest BCUT2D eigenvalue weighted by molar-refractivity contribution is 0.102. The summed E-state index contributed by atoms with van der Waals surface area (Å²) < 4.78 is 28.7. The van der Waals surface area contributed by atoms with Gasteiger partial charge in [-0.1, -0.05) is 83.1 Å². The van der Waals surface area contributed by atoms with Gasteiger partial charge in [0.25, 0.3) is 15.9 Å². The largest absolute Gasteiger partial charge is 0.296 e. The van der Waals surface area contributed by atoms with E-state index in [1.54, 1.807) is 24.3 Å². The SMILES string of the molecule is Cc1ccc([C@@H](NS(=O)(=O)c2nnc(NC(=O)c3ccc(Cl)cc3)s2)c2ccccc2)cc1. The first kappa shape index (κ1) is 23.1. The first-order chi connectivity index (χ1) is 15.8. The minimum Gasteiger partial charge on any atom is -0.296 e. The molecule has 1 heterocycles. The van der Waals surface area contributed by atoms with Gasteiger partial charge >= 0.3 is 0 Å². The predicted molar refractivity (Wildman–Crippen MR) is 129 cm³/mol. The molecule has 4 aromatic rings. The summed E-state index contributed by atoms with van der Waals surface area (Å²) in [6, 6.07) is 22.6. The van der Waals surface area contributed by atoms with E-state index in [4.69, 9.17) is 11.6 Å². The van der Waals surface area contributed by atoms with Crippen LogP contribution in [-0.4, -0.2) is 24.5 Å². The molecule has 1 atom stereocenters. The number of sulfonamides is 1. The number of hydrogen-bond acceptors (Lipinski definition) is 6. The number of carbonyl (C=O) groups is 1. The molecule has 4 rings (SSSR count). The average molecular weight is 499 g/mol. The van der Waals surface area contributed by atoms with Crippen molar-refractivity contribution in [1.82, 2.24) is 14.9 Å². The highest BCUT2D eigenvalue weighted by Gasteiger charge is 2.27. The van der Waals surface area contributed by atoms with E-state index in [-0.39, 0.29) is 9.47 Å². The fraction of sp³-hybridized carbons (Fsp3) is 0.0870. The number of amides is 1. The number of aromatic nitrogens is 2. The Morgan fingerprint density at radius 1 is 0.909 bits per heavy atom. The molecule has 0 aliphatic rings. The molecule has 168 valence electrons. The molecule has 7 nitrogen and oxygen atoms in total. The normalized spacial score (nSPS) is 12.3. The van der Waals surface area contributed by atoms with Crippen LogP contribution in [0.3, 0.4) is 0 Å². The van der Waals surface area contributed by atoms with Crippen LogP contribution in [0.15, 0.2) is 83.2 Å². The number of nitrogens with one attached hydrogen (secondary N) is 2. The molecule has 1 amide bonds. The third kappa shape index (κ3) is 5.63. The van der Waals surface area contributed by atoms with Crippen molar-refractivity contribution in [2.75, 3.05) is 5.32 Å². The van der Waals surface area contributed by atoms with E-state index in [2.05, 4.69) is 20.2 Å². The highest BCUT2D eigenvalue weighted by Crippen LogP contribution is 2.27. The molecule has 0 aliphatic carbocycles. The van der Waals surface area contributed by atoms with Crippen LogP contribution in [-0.2, 0) is 10.0 Å². The van der Waals surface area contributed by atoms with Crippen LogP contribution in [0.1, 0.15) is 33.1 Å². The number of halogens is 1. The minimum atomic E-state index is -4.02. The van der Waals surface area contributed by atoms with Crippen LogP contribution in [0.2, 0.25) is 5.02 Å². The van der Waals surface area contributed by atoms with Gasteiger partial charge in [0.05, 0.1) is 6.04 Å². The molecule has 10 heteroatoms. The lowest BCUT2D eigenvalue weighted by Crippen LogP contribution is -2.29. The highest BCUT2D eigenvalue weighted by molar-refractivity contribution is 7.91. The number of rotatable bonds is 7. The molecular formula is C23H19ClN4O3S2. The van der Waals surface area contributed by atoms with Gasteiger partial charge in [0.15, 0.2) is 0 Å². The van der Waals surface area contributed by atoms with E-state index in [9.17, 15) is 13.2 Å². The summed E-state index contributed by atoms with van der Waals surface area (Å²) in [6.45, 7) is 1.96. The Morgan fingerprint density at radius 3 is 2.21 bits per heavy atom. The van der Waals surface area contributed by atoms with Gasteiger partial charge in [-0.05, 0) is 42.3 Å². The number of carbonyl (C=O) groups excluding carboxylic acids is 1. The van der Waals surface area contributed by atoms with Gasteiger partial charge in [-0.15, -0.1) is 10.2 Å². The van der Waals surface area contributed by atoms with Gasteiger partial charge in [-0.25, -0.2) is 8.42 Å². The molecule has 0 radical (unpaired) electrons. The Balaban J connectivity index is 1.57. The molecule has 0 saturated heterocycles. The van der Waals surface area contributed by atoms with Crippen molar-refractivity contribution >= 4 is 44.0 Å². The summed E-state index contributed by atoms with van der Waals surface area (Å²) in [7, 11) is -4.02. The summed E-state index contributed by atoms with van der Waals surface area (Å²) in [5, 5.41) is 10.7. The van der Waals surface area contributed by atoms with E-state index in [1.807, 2.05) is 61.5 Å². The fourth-order valence-corrected chi connectivity index (χ4v) is 5.33. The Morgan fingerprint density at radius 2 is 1.55 bits per heavy atom. The number of nitrogens with zero attached hydrogens (tertiary/aromatic N) is 2. The highest BCUT2D eigenvalue weighted by atomic mass is 35.5. The lowest BCUT2D eigenvalue weighted by Gasteiger charge is -2.19. The second-order valence-corrected chi connectivity index (χ2v) is 10.5. The van der Waals surface area contributed by atoms with E-state index >= 15 is 0 Å². The molecule has 0 spiro atoms. The number of hydrogen-bond donors (Lipinski definition) is 2.